The van der Waals surface area contributed by atoms with Crippen molar-refractivity contribution in [3.05, 3.63) is 49.2 Å². The van der Waals surface area contributed by atoms with E-state index in [1.165, 1.54) is 6.42 Å². The standard InChI is InChI=1S/C20H20N6O/c1-2-14(9-21-5-1)25-19-12-22-11-18(26-19)16-10-24-17-4-3-13(8-15(16)17)20-23-6-7-27-20/h3-4,6-8,10-12,14,21,24H,1-2,5,9H2,(H,25,26)/t14-/m1/s1. The molecule has 0 spiro atoms. The third kappa shape index (κ3) is 3.17. The number of hydrogen-bond acceptors (Lipinski definition) is 6. The molecule has 1 saturated heterocycles. The molecule has 0 bridgehead atoms. The molecule has 1 aromatic carbocycles. The van der Waals surface area contributed by atoms with E-state index in [1.807, 2.05) is 18.3 Å². The number of anilines is 1. The molecule has 7 heteroatoms. The van der Waals surface area contributed by atoms with Gasteiger partial charge in [-0.05, 0) is 37.6 Å². The van der Waals surface area contributed by atoms with Gasteiger partial charge in [-0.1, -0.05) is 0 Å². The van der Waals surface area contributed by atoms with Gasteiger partial charge >= 0.3 is 0 Å². The van der Waals surface area contributed by atoms with Crippen molar-refractivity contribution < 1.29 is 4.42 Å². The van der Waals surface area contributed by atoms with Gasteiger partial charge in [0.05, 0.1) is 24.3 Å². The zero-order chi connectivity index (χ0) is 18.1. The first-order valence-corrected chi connectivity index (χ1v) is 9.17. The highest BCUT2D eigenvalue weighted by atomic mass is 16.3. The van der Waals surface area contributed by atoms with Crippen LogP contribution in [-0.4, -0.2) is 39.1 Å². The molecule has 0 unspecified atom stereocenters. The number of aromatic amines is 1. The normalized spacial score (nSPS) is 17.3. The summed E-state index contributed by atoms with van der Waals surface area (Å²) < 4.78 is 5.43. The summed E-state index contributed by atoms with van der Waals surface area (Å²) in [6.45, 7) is 2.05. The van der Waals surface area contributed by atoms with Gasteiger partial charge in [0.2, 0.25) is 5.89 Å². The number of rotatable bonds is 4. The zero-order valence-electron chi connectivity index (χ0n) is 14.8. The van der Waals surface area contributed by atoms with E-state index >= 15 is 0 Å². The molecule has 1 fully saturated rings. The van der Waals surface area contributed by atoms with Gasteiger partial charge in [0.15, 0.2) is 0 Å². The highest BCUT2D eigenvalue weighted by Gasteiger charge is 2.15. The van der Waals surface area contributed by atoms with Crippen LogP contribution in [0.15, 0.2) is 53.7 Å². The van der Waals surface area contributed by atoms with E-state index < -0.39 is 0 Å². The monoisotopic (exact) mass is 360 g/mol. The average molecular weight is 360 g/mol. The molecule has 7 nitrogen and oxygen atoms in total. The maximum Gasteiger partial charge on any atom is 0.225 e. The largest absolute Gasteiger partial charge is 0.445 e. The van der Waals surface area contributed by atoms with Crippen LogP contribution in [0.5, 0.6) is 0 Å². The summed E-state index contributed by atoms with van der Waals surface area (Å²) in [5, 5.41) is 7.97. The van der Waals surface area contributed by atoms with Crippen LogP contribution in [0.4, 0.5) is 5.82 Å². The first-order valence-electron chi connectivity index (χ1n) is 9.17. The molecule has 0 amide bonds. The summed E-state index contributed by atoms with van der Waals surface area (Å²) in [5.74, 6) is 1.41. The van der Waals surface area contributed by atoms with Crippen molar-refractivity contribution in [1.29, 1.82) is 0 Å². The van der Waals surface area contributed by atoms with Crippen molar-refractivity contribution in [2.45, 2.75) is 18.9 Å². The van der Waals surface area contributed by atoms with Gasteiger partial charge in [-0.25, -0.2) is 9.97 Å². The van der Waals surface area contributed by atoms with Crippen LogP contribution in [0.3, 0.4) is 0 Å². The van der Waals surface area contributed by atoms with Crippen molar-refractivity contribution in [3.63, 3.8) is 0 Å². The number of piperidine rings is 1. The second kappa shape index (κ2) is 6.85. The molecule has 1 aliphatic heterocycles. The lowest BCUT2D eigenvalue weighted by Gasteiger charge is -2.24. The maximum atomic E-state index is 5.43. The molecule has 1 atom stereocenters. The van der Waals surface area contributed by atoms with Gasteiger partial charge in [-0.2, -0.15) is 0 Å². The van der Waals surface area contributed by atoms with Gasteiger partial charge < -0.3 is 20.0 Å². The SMILES string of the molecule is c1coc(-c2ccc3[nH]cc(-c4cncc(N[C@@H]5CCCNC5)n4)c3c2)n1. The molecule has 4 heterocycles. The highest BCUT2D eigenvalue weighted by Crippen LogP contribution is 2.31. The summed E-state index contributed by atoms with van der Waals surface area (Å²) in [5.41, 5.74) is 3.82. The van der Waals surface area contributed by atoms with Gasteiger partial charge in [-0.3, -0.25) is 4.98 Å². The fraction of sp³-hybridized carbons (Fsp3) is 0.250. The van der Waals surface area contributed by atoms with E-state index in [4.69, 9.17) is 9.40 Å². The Hall–Kier alpha value is -3.19. The number of aromatic nitrogens is 4. The molecule has 3 N–H and O–H groups in total. The van der Waals surface area contributed by atoms with E-state index in [-0.39, 0.29) is 0 Å². The van der Waals surface area contributed by atoms with Crippen LogP contribution < -0.4 is 10.6 Å². The van der Waals surface area contributed by atoms with Crippen molar-refractivity contribution in [3.8, 4) is 22.7 Å². The molecule has 0 saturated carbocycles. The topological polar surface area (TPSA) is 91.7 Å². The zero-order valence-corrected chi connectivity index (χ0v) is 14.8. The van der Waals surface area contributed by atoms with Crippen LogP contribution in [0.2, 0.25) is 0 Å². The molecular formula is C20H20N6O. The third-order valence-electron chi connectivity index (χ3n) is 4.92. The van der Waals surface area contributed by atoms with E-state index in [0.717, 1.165) is 53.1 Å². The Balaban J connectivity index is 1.49. The predicted octanol–water partition coefficient (Wildman–Crippen LogP) is 3.44. The van der Waals surface area contributed by atoms with Gasteiger partial charge in [0.25, 0.3) is 0 Å². The lowest BCUT2D eigenvalue weighted by Crippen LogP contribution is -2.38. The molecule has 3 aromatic heterocycles. The van der Waals surface area contributed by atoms with Crippen LogP contribution in [0, 0.1) is 0 Å². The first kappa shape index (κ1) is 16.0. The Kier molecular flexibility index (Phi) is 4.06. The minimum absolute atomic E-state index is 0.392. The summed E-state index contributed by atoms with van der Waals surface area (Å²) in [7, 11) is 0. The molecule has 5 rings (SSSR count). The average Bonchev–Trinajstić information content (AvgIpc) is 3.38. The van der Waals surface area contributed by atoms with Crippen molar-refractivity contribution in [2.24, 2.45) is 0 Å². The van der Waals surface area contributed by atoms with Crippen LogP contribution in [0.25, 0.3) is 33.6 Å². The Morgan fingerprint density at radius 3 is 3.07 bits per heavy atom. The number of benzene rings is 1. The minimum Gasteiger partial charge on any atom is -0.445 e. The van der Waals surface area contributed by atoms with Crippen molar-refractivity contribution >= 4 is 16.7 Å². The number of fused-ring (bicyclic) bond motifs is 1. The van der Waals surface area contributed by atoms with Gasteiger partial charge in [0, 0.05) is 40.8 Å². The van der Waals surface area contributed by atoms with Gasteiger partial charge in [0.1, 0.15) is 12.1 Å². The molecule has 27 heavy (non-hydrogen) atoms. The molecule has 0 aliphatic carbocycles. The maximum absolute atomic E-state index is 5.43. The number of nitrogens with one attached hydrogen (secondary N) is 3. The summed E-state index contributed by atoms with van der Waals surface area (Å²) in [6, 6.07) is 6.48. The number of nitrogens with zero attached hydrogens (tertiary/aromatic N) is 3. The summed E-state index contributed by atoms with van der Waals surface area (Å²) in [6.07, 6.45) is 11.1. The highest BCUT2D eigenvalue weighted by molar-refractivity contribution is 5.96. The van der Waals surface area contributed by atoms with E-state index in [2.05, 4.69) is 31.7 Å². The Morgan fingerprint density at radius 1 is 1.22 bits per heavy atom. The van der Waals surface area contributed by atoms with Crippen molar-refractivity contribution in [2.75, 3.05) is 18.4 Å². The number of H-pyrrole nitrogens is 1. The molecule has 4 aromatic rings. The lowest BCUT2D eigenvalue weighted by atomic mass is 10.1. The smallest absolute Gasteiger partial charge is 0.225 e. The second-order valence-electron chi connectivity index (χ2n) is 6.78. The third-order valence-corrected chi connectivity index (χ3v) is 4.92. The fourth-order valence-corrected chi connectivity index (χ4v) is 3.58. The van der Waals surface area contributed by atoms with Crippen molar-refractivity contribution in [1.82, 2.24) is 25.3 Å². The minimum atomic E-state index is 0.392. The second-order valence-corrected chi connectivity index (χ2v) is 6.78. The van der Waals surface area contributed by atoms with Crippen LogP contribution in [-0.2, 0) is 0 Å². The van der Waals surface area contributed by atoms with E-state index in [0.29, 0.717) is 11.9 Å². The molecule has 0 radical (unpaired) electrons. The first-order chi connectivity index (χ1) is 13.4. The molecule has 1 aliphatic rings. The Labute approximate surface area is 156 Å². The number of oxazole rings is 1. The van der Waals surface area contributed by atoms with Gasteiger partial charge in [-0.15, -0.1) is 0 Å². The lowest BCUT2D eigenvalue weighted by molar-refractivity contribution is 0.479. The Bertz CT molecular complexity index is 1050. The molecular weight excluding hydrogens is 340 g/mol. The van der Waals surface area contributed by atoms with Crippen LogP contribution >= 0.6 is 0 Å². The van der Waals surface area contributed by atoms with E-state index in [1.54, 1.807) is 24.9 Å². The van der Waals surface area contributed by atoms with Crippen LogP contribution in [0.1, 0.15) is 12.8 Å². The Morgan fingerprint density at radius 2 is 2.22 bits per heavy atom. The quantitative estimate of drug-likeness (QED) is 0.516. The number of hydrogen-bond donors (Lipinski definition) is 3. The summed E-state index contributed by atoms with van der Waals surface area (Å²) >= 11 is 0. The molecule has 136 valence electrons. The van der Waals surface area contributed by atoms with E-state index in [9.17, 15) is 0 Å². The summed E-state index contributed by atoms with van der Waals surface area (Å²) in [4.78, 5) is 16.7. The predicted molar refractivity (Wildman–Crippen MR) is 104 cm³/mol. The fourth-order valence-electron chi connectivity index (χ4n) is 3.58.